The van der Waals surface area contributed by atoms with Crippen LogP contribution in [0.3, 0.4) is 0 Å². The van der Waals surface area contributed by atoms with Gasteiger partial charge in [-0.2, -0.15) is 0 Å². The Morgan fingerprint density at radius 1 is 1.30 bits per heavy atom. The maximum atomic E-state index is 13.3. The van der Waals surface area contributed by atoms with E-state index in [1.807, 2.05) is 6.92 Å². The van der Waals surface area contributed by atoms with Crippen molar-refractivity contribution in [3.8, 4) is 0 Å². The summed E-state index contributed by atoms with van der Waals surface area (Å²) in [5.74, 6) is 0.443. The molecule has 3 heteroatoms. The number of benzene rings is 1. The number of nitrogens with zero attached hydrogens (tertiary/aromatic N) is 1. The van der Waals surface area contributed by atoms with Crippen molar-refractivity contribution < 1.29 is 9.50 Å². The Kier molecular flexibility index (Phi) is 4.82. The number of aliphatic hydroxyl groups is 1. The number of halogens is 1. The number of piperidine rings is 1. The predicted molar refractivity (Wildman–Crippen MR) is 80.3 cm³/mol. The molecule has 1 saturated heterocycles. The lowest BCUT2D eigenvalue weighted by atomic mass is 9.84. The van der Waals surface area contributed by atoms with Gasteiger partial charge in [-0.3, -0.25) is 0 Å². The van der Waals surface area contributed by atoms with Gasteiger partial charge in [0.2, 0.25) is 0 Å². The highest BCUT2D eigenvalue weighted by Crippen LogP contribution is 2.28. The minimum atomic E-state index is -0.675. The molecule has 1 N–H and O–H groups in total. The zero-order chi connectivity index (χ0) is 14.8. The number of likely N-dealkylation sites (tertiary alicyclic amines) is 1. The molecular formula is C17H26FNO. The van der Waals surface area contributed by atoms with Gasteiger partial charge in [-0.15, -0.1) is 0 Å². The molecule has 2 rings (SSSR count). The third-order valence-corrected chi connectivity index (χ3v) is 4.24. The maximum Gasteiger partial charge on any atom is 0.123 e. The molecule has 2 nitrogen and oxygen atoms in total. The number of hydrogen-bond donors (Lipinski definition) is 1. The van der Waals surface area contributed by atoms with Gasteiger partial charge in [0, 0.05) is 26.1 Å². The number of rotatable bonds is 4. The van der Waals surface area contributed by atoms with Crippen molar-refractivity contribution in [2.75, 3.05) is 19.6 Å². The molecule has 0 amide bonds. The van der Waals surface area contributed by atoms with Crippen LogP contribution in [0.5, 0.6) is 0 Å². The maximum absolute atomic E-state index is 13.3. The molecule has 0 atom stereocenters. The normalized spacial score (nSPS) is 19.5. The lowest BCUT2D eigenvalue weighted by Crippen LogP contribution is -2.46. The lowest BCUT2D eigenvalue weighted by Gasteiger charge is -2.39. The van der Waals surface area contributed by atoms with Crippen molar-refractivity contribution in [2.45, 2.75) is 45.6 Å². The smallest absolute Gasteiger partial charge is 0.123 e. The summed E-state index contributed by atoms with van der Waals surface area (Å²) in [5.41, 5.74) is 1.32. The van der Waals surface area contributed by atoms with E-state index >= 15 is 0 Å². The van der Waals surface area contributed by atoms with E-state index < -0.39 is 5.60 Å². The van der Waals surface area contributed by atoms with Crippen LogP contribution in [0.4, 0.5) is 4.39 Å². The monoisotopic (exact) mass is 279 g/mol. The van der Waals surface area contributed by atoms with Gasteiger partial charge in [-0.05, 0) is 48.9 Å². The van der Waals surface area contributed by atoms with Crippen LogP contribution in [0.25, 0.3) is 0 Å². The Morgan fingerprint density at radius 2 is 1.95 bits per heavy atom. The van der Waals surface area contributed by atoms with Crippen molar-refractivity contribution in [1.29, 1.82) is 0 Å². The molecule has 20 heavy (non-hydrogen) atoms. The summed E-state index contributed by atoms with van der Waals surface area (Å²) < 4.78 is 13.3. The van der Waals surface area contributed by atoms with Gasteiger partial charge in [0.05, 0.1) is 5.60 Å². The molecule has 0 aliphatic carbocycles. The summed E-state index contributed by atoms with van der Waals surface area (Å²) in [7, 11) is 0. The Hall–Kier alpha value is -0.930. The molecule has 0 radical (unpaired) electrons. The van der Waals surface area contributed by atoms with Crippen molar-refractivity contribution in [3.63, 3.8) is 0 Å². The van der Waals surface area contributed by atoms with Gasteiger partial charge in [0.1, 0.15) is 5.82 Å². The van der Waals surface area contributed by atoms with E-state index in [-0.39, 0.29) is 5.82 Å². The molecule has 0 bridgehead atoms. The van der Waals surface area contributed by atoms with Crippen LogP contribution < -0.4 is 0 Å². The largest absolute Gasteiger partial charge is 0.389 e. The van der Waals surface area contributed by atoms with Crippen LogP contribution in [0, 0.1) is 18.7 Å². The molecule has 0 spiro atoms. The van der Waals surface area contributed by atoms with Crippen molar-refractivity contribution in [2.24, 2.45) is 5.92 Å². The zero-order valence-corrected chi connectivity index (χ0v) is 12.8. The molecular weight excluding hydrogens is 253 g/mol. The minimum Gasteiger partial charge on any atom is -0.389 e. The Bertz CT molecular complexity index is 450. The van der Waals surface area contributed by atoms with E-state index in [0.717, 1.165) is 43.6 Å². The molecule has 1 aromatic carbocycles. The highest BCUT2D eigenvalue weighted by atomic mass is 19.1. The third kappa shape index (κ3) is 4.03. The fraction of sp³-hybridized carbons (Fsp3) is 0.647. The van der Waals surface area contributed by atoms with E-state index in [1.54, 1.807) is 12.1 Å². The number of hydrogen-bond acceptors (Lipinski definition) is 2. The first-order valence-electron chi connectivity index (χ1n) is 7.58. The van der Waals surface area contributed by atoms with Gasteiger partial charge in [-0.25, -0.2) is 4.39 Å². The SMILES string of the molecule is Cc1ccc(F)cc1CC1(O)CCN(CC(C)C)CC1. The number of aryl methyl sites for hydroxylation is 1. The van der Waals surface area contributed by atoms with Crippen molar-refractivity contribution >= 4 is 0 Å². The summed E-state index contributed by atoms with van der Waals surface area (Å²) >= 11 is 0. The minimum absolute atomic E-state index is 0.216. The summed E-state index contributed by atoms with van der Waals surface area (Å²) in [6, 6.07) is 4.84. The topological polar surface area (TPSA) is 23.5 Å². The van der Waals surface area contributed by atoms with Gasteiger partial charge >= 0.3 is 0 Å². The van der Waals surface area contributed by atoms with Crippen molar-refractivity contribution in [1.82, 2.24) is 4.90 Å². The zero-order valence-electron chi connectivity index (χ0n) is 12.8. The van der Waals surface area contributed by atoms with Crippen LogP contribution >= 0.6 is 0 Å². The molecule has 1 heterocycles. The van der Waals surface area contributed by atoms with Crippen LogP contribution in [-0.4, -0.2) is 35.2 Å². The van der Waals surface area contributed by atoms with E-state index in [0.29, 0.717) is 12.3 Å². The molecule has 1 aliphatic rings. The average molecular weight is 279 g/mol. The van der Waals surface area contributed by atoms with E-state index in [4.69, 9.17) is 0 Å². The fourth-order valence-electron chi connectivity index (χ4n) is 3.03. The quantitative estimate of drug-likeness (QED) is 0.915. The van der Waals surface area contributed by atoms with Gasteiger partial charge in [0.25, 0.3) is 0 Å². The van der Waals surface area contributed by atoms with Crippen molar-refractivity contribution in [3.05, 3.63) is 35.1 Å². The highest BCUT2D eigenvalue weighted by molar-refractivity contribution is 5.28. The van der Waals surface area contributed by atoms with Gasteiger partial charge in [-0.1, -0.05) is 19.9 Å². The third-order valence-electron chi connectivity index (χ3n) is 4.24. The standard InChI is InChI=1S/C17H26FNO/c1-13(2)12-19-8-6-17(20,7-9-19)11-15-10-16(18)5-4-14(15)3/h4-5,10,13,20H,6-9,11-12H2,1-3H3. The molecule has 0 saturated carbocycles. The summed E-state index contributed by atoms with van der Waals surface area (Å²) in [4.78, 5) is 2.41. The molecule has 1 fully saturated rings. The second-order valence-corrected chi connectivity index (χ2v) is 6.67. The van der Waals surface area contributed by atoms with Gasteiger partial charge < -0.3 is 10.0 Å². The highest BCUT2D eigenvalue weighted by Gasteiger charge is 2.32. The molecule has 112 valence electrons. The average Bonchev–Trinajstić information content (AvgIpc) is 2.36. The Balaban J connectivity index is 1.98. The first-order chi connectivity index (χ1) is 9.38. The molecule has 0 aromatic heterocycles. The Labute approximate surface area is 121 Å². The first-order valence-corrected chi connectivity index (χ1v) is 7.58. The van der Waals surface area contributed by atoms with Crippen LogP contribution in [0.2, 0.25) is 0 Å². The van der Waals surface area contributed by atoms with Gasteiger partial charge in [0.15, 0.2) is 0 Å². The lowest BCUT2D eigenvalue weighted by molar-refractivity contribution is -0.0228. The summed E-state index contributed by atoms with van der Waals surface area (Å²) in [5, 5.41) is 10.7. The first kappa shape index (κ1) is 15.5. The van der Waals surface area contributed by atoms with Crippen LogP contribution in [-0.2, 0) is 6.42 Å². The molecule has 0 unspecified atom stereocenters. The fourth-order valence-corrected chi connectivity index (χ4v) is 3.03. The van der Waals surface area contributed by atoms with Crippen LogP contribution in [0.1, 0.15) is 37.8 Å². The Morgan fingerprint density at radius 3 is 2.55 bits per heavy atom. The van der Waals surface area contributed by atoms with E-state index in [9.17, 15) is 9.50 Å². The predicted octanol–water partition coefficient (Wildman–Crippen LogP) is 3.16. The van der Waals surface area contributed by atoms with E-state index in [2.05, 4.69) is 18.7 Å². The second-order valence-electron chi connectivity index (χ2n) is 6.67. The van der Waals surface area contributed by atoms with E-state index in [1.165, 1.54) is 6.07 Å². The molecule has 1 aliphatic heterocycles. The van der Waals surface area contributed by atoms with Crippen LogP contribution in [0.15, 0.2) is 18.2 Å². The summed E-state index contributed by atoms with van der Waals surface area (Å²) in [6.07, 6.45) is 2.11. The summed E-state index contributed by atoms with van der Waals surface area (Å²) in [6.45, 7) is 9.38. The molecule has 1 aromatic rings. The second kappa shape index (κ2) is 6.23.